The average molecular weight is 839 g/mol. The third-order valence-electron chi connectivity index (χ3n) is 16.2. The molecular weight excluding hydrogens is 773 g/mol. The molecule has 1 aromatic rings. The van der Waals surface area contributed by atoms with Crippen LogP contribution in [0.5, 0.6) is 11.5 Å². The van der Waals surface area contributed by atoms with Crippen molar-refractivity contribution in [2.24, 2.45) is 56.0 Å². The standard InChI is InChI=1S/C46H65NO8Se/c1-41(2)35-15-19-46(7)38(44(35,5)18-16-36(41)55-39(50)31(47)17-24-56-10)32(48)26-29-30-27-43(4,21-20-42(30,3)22-23-45(29,46)6)40(51)54-34-25-28(11-13-33(34)52-8)12-14-37(49)53-9/h11-14,25-26,30-31,35-36,38H,15-24,27,47H2,1-10H3/b14-12+/t30-,31+,35+,36+,38-,42-,43+,44+,45-,46-/m1/s1. The zero-order valence-corrected chi connectivity index (χ0v) is 37.1. The Morgan fingerprint density at radius 3 is 2.34 bits per heavy atom. The van der Waals surface area contributed by atoms with Crippen molar-refractivity contribution in [2.45, 2.75) is 136 Å². The van der Waals surface area contributed by atoms with E-state index in [9.17, 15) is 19.2 Å². The van der Waals surface area contributed by atoms with E-state index in [1.165, 1.54) is 25.9 Å². The van der Waals surface area contributed by atoms with Gasteiger partial charge in [-0.05, 0) is 74.1 Å². The van der Waals surface area contributed by atoms with Gasteiger partial charge in [0.2, 0.25) is 0 Å². The van der Waals surface area contributed by atoms with E-state index in [4.69, 9.17) is 24.7 Å². The van der Waals surface area contributed by atoms with Crippen molar-refractivity contribution in [1.29, 1.82) is 0 Å². The van der Waals surface area contributed by atoms with Gasteiger partial charge >= 0.3 is 181 Å². The van der Waals surface area contributed by atoms with Gasteiger partial charge < -0.3 is 14.2 Å². The molecule has 6 rings (SSSR count). The molecule has 5 aliphatic carbocycles. The van der Waals surface area contributed by atoms with Gasteiger partial charge in [-0.15, -0.1) is 0 Å². The molecule has 0 aromatic heterocycles. The number of carbonyl (C=O) groups excluding carboxylic acids is 4. The van der Waals surface area contributed by atoms with Crippen LogP contribution in [0.15, 0.2) is 35.9 Å². The Hall–Kier alpha value is -2.94. The Morgan fingerprint density at radius 2 is 1.66 bits per heavy atom. The van der Waals surface area contributed by atoms with Crippen molar-refractivity contribution in [3.05, 3.63) is 41.5 Å². The number of rotatable bonds is 10. The molecule has 0 saturated heterocycles. The van der Waals surface area contributed by atoms with Crippen LogP contribution < -0.4 is 15.2 Å². The topological polar surface area (TPSA) is 131 Å². The van der Waals surface area contributed by atoms with Gasteiger partial charge in [-0.2, -0.15) is 0 Å². The Kier molecular flexibility index (Phi) is 11.7. The molecule has 4 fully saturated rings. The number of ketones is 1. The van der Waals surface area contributed by atoms with Gasteiger partial charge in [0.05, 0.1) is 19.6 Å². The predicted octanol–water partition coefficient (Wildman–Crippen LogP) is 8.57. The molecule has 5 aliphatic rings. The summed E-state index contributed by atoms with van der Waals surface area (Å²) in [6, 6.07) is 4.62. The molecule has 308 valence electrons. The van der Waals surface area contributed by atoms with Gasteiger partial charge in [0, 0.05) is 6.08 Å². The summed E-state index contributed by atoms with van der Waals surface area (Å²) in [4.78, 5) is 54.1. The zero-order chi connectivity index (χ0) is 41.1. The maximum atomic E-state index is 15.0. The summed E-state index contributed by atoms with van der Waals surface area (Å²) in [6.45, 7) is 16.0. The quantitative estimate of drug-likeness (QED) is 0.107. The van der Waals surface area contributed by atoms with E-state index >= 15 is 0 Å². The zero-order valence-electron chi connectivity index (χ0n) is 35.4. The number of methoxy groups -OCH3 is 2. The van der Waals surface area contributed by atoms with E-state index in [1.54, 1.807) is 24.3 Å². The van der Waals surface area contributed by atoms with Gasteiger partial charge in [-0.3, -0.25) is 4.79 Å². The number of hydrogen-bond donors (Lipinski definition) is 1. The van der Waals surface area contributed by atoms with E-state index < -0.39 is 17.4 Å². The molecule has 9 nitrogen and oxygen atoms in total. The average Bonchev–Trinajstić information content (AvgIpc) is 3.15. The summed E-state index contributed by atoms with van der Waals surface area (Å²) < 4.78 is 22.7. The molecule has 56 heavy (non-hydrogen) atoms. The van der Waals surface area contributed by atoms with Gasteiger partial charge in [-0.1, -0.05) is 25.5 Å². The molecule has 0 heterocycles. The van der Waals surface area contributed by atoms with Crippen molar-refractivity contribution < 1.29 is 38.1 Å². The van der Waals surface area contributed by atoms with Crippen LogP contribution in [0.2, 0.25) is 11.1 Å². The number of fused-ring (bicyclic) bond motifs is 7. The van der Waals surface area contributed by atoms with Crippen molar-refractivity contribution in [2.75, 3.05) is 14.2 Å². The van der Waals surface area contributed by atoms with E-state index in [2.05, 4.69) is 47.4 Å². The fourth-order valence-corrected chi connectivity index (χ4v) is 13.5. The first-order chi connectivity index (χ1) is 26.2. The van der Waals surface area contributed by atoms with E-state index in [0.29, 0.717) is 51.3 Å². The fraction of sp³-hybridized carbons (Fsp3) is 0.696. The first-order valence-electron chi connectivity index (χ1n) is 20.6. The second-order valence-corrected chi connectivity index (χ2v) is 21.7. The van der Waals surface area contributed by atoms with Crippen LogP contribution in [0.25, 0.3) is 6.08 Å². The Bertz CT molecular complexity index is 1800. The van der Waals surface area contributed by atoms with E-state index in [0.717, 1.165) is 50.3 Å². The molecule has 10 atom stereocenters. The van der Waals surface area contributed by atoms with Crippen molar-refractivity contribution in [3.8, 4) is 11.5 Å². The van der Waals surface area contributed by atoms with Crippen LogP contribution in [-0.2, 0) is 28.7 Å². The fourth-order valence-electron chi connectivity index (χ4n) is 12.5. The number of benzene rings is 1. The molecule has 0 spiro atoms. The van der Waals surface area contributed by atoms with Crippen LogP contribution in [0.3, 0.4) is 0 Å². The molecule has 4 saturated carbocycles. The third-order valence-corrected chi connectivity index (χ3v) is 17.6. The number of esters is 3. The monoisotopic (exact) mass is 839 g/mol. The molecule has 0 aliphatic heterocycles. The minimum absolute atomic E-state index is 0.0328. The van der Waals surface area contributed by atoms with Gasteiger partial charge in [0.25, 0.3) is 0 Å². The van der Waals surface area contributed by atoms with Crippen LogP contribution in [-0.4, -0.2) is 65.0 Å². The summed E-state index contributed by atoms with van der Waals surface area (Å²) in [5.41, 5.74) is 6.33. The molecule has 10 heteroatoms. The first kappa shape index (κ1) is 42.7. The number of hydrogen-bond acceptors (Lipinski definition) is 9. The molecule has 2 N–H and O–H groups in total. The first-order valence-corrected chi connectivity index (χ1v) is 23.5. The maximum absolute atomic E-state index is 15.0. The number of allylic oxidation sites excluding steroid dienone is 2. The van der Waals surface area contributed by atoms with Crippen molar-refractivity contribution in [3.63, 3.8) is 0 Å². The molecular formula is C46H65NO8Se. The van der Waals surface area contributed by atoms with Gasteiger partial charge in [-0.25, -0.2) is 4.79 Å². The number of ether oxygens (including phenoxy) is 4. The van der Waals surface area contributed by atoms with Crippen LogP contribution in [0, 0.1) is 50.2 Å². The van der Waals surface area contributed by atoms with Crippen LogP contribution in [0.4, 0.5) is 0 Å². The van der Waals surface area contributed by atoms with Crippen molar-refractivity contribution in [1.82, 2.24) is 0 Å². The SMILES string of the molecule is COC(=O)/C=C/c1ccc(OC)c(OC(=O)[C@@]2(C)CC[C@]3(C)CC[C@]4(C)C(=CC(=O)[C@@H]5[C@@]6(C)CC[C@H](OC(=O)[C@@H](N)CC[Se]C)C(C)(C)[C@@H]6CC[C@]54C)[C@H]3C2)c1. The minimum atomic E-state index is -0.781. The van der Waals surface area contributed by atoms with E-state index in [1.807, 2.05) is 13.0 Å². The summed E-state index contributed by atoms with van der Waals surface area (Å²) in [6.07, 6.45) is 13.0. The number of nitrogens with two attached hydrogens (primary N) is 1. The summed E-state index contributed by atoms with van der Waals surface area (Å²) in [7, 11) is 2.86. The van der Waals surface area contributed by atoms with Crippen molar-refractivity contribution >= 4 is 44.7 Å². The third kappa shape index (κ3) is 7.01. The summed E-state index contributed by atoms with van der Waals surface area (Å²) in [5.74, 6) is 2.14. The molecule has 1 aromatic carbocycles. The minimum Gasteiger partial charge on any atom is -0.0301 e. The van der Waals surface area contributed by atoms with Gasteiger partial charge in [0.15, 0.2) is 11.5 Å². The van der Waals surface area contributed by atoms with Gasteiger partial charge in [0.1, 0.15) is 0 Å². The number of carbonyl (C=O) groups is 4. The molecule has 0 bridgehead atoms. The second kappa shape index (κ2) is 15.3. The summed E-state index contributed by atoms with van der Waals surface area (Å²) >= 11 is 0.463. The predicted molar refractivity (Wildman–Crippen MR) is 218 cm³/mol. The Balaban J connectivity index is 1.27. The second-order valence-electron chi connectivity index (χ2n) is 19.6. The van der Waals surface area contributed by atoms with E-state index in [-0.39, 0.29) is 68.7 Å². The van der Waals surface area contributed by atoms with Crippen LogP contribution in [0.1, 0.15) is 118 Å². The molecule has 0 amide bonds. The summed E-state index contributed by atoms with van der Waals surface area (Å²) in [5, 5.41) is 0.959. The Morgan fingerprint density at radius 1 is 0.946 bits per heavy atom. The smallest absolute Gasteiger partial charge is 0.0301 e. The molecule has 0 unspecified atom stereocenters. The normalized spacial score (nSPS) is 37.8. The molecule has 0 radical (unpaired) electrons. The Labute approximate surface area is 340 Å². The van der Waals surface area contributed by atoms with Crippen LogP contribution >= 0.6 is 0 Å².